The summed E-state index contributed by atoms with van der Waals surface area (Å²) < 4.78 is 18.7. The number of carbonyl (C=O) groups is 2. The number of benzene rings is 2. The summed E-state index contributed by atoms with van der Waals surface area (Å²) in [4.78, 5) is 24.2. The van der Waals surface area contributed by atoms with Crippen LogP contribution in [0.2, 0.25) is 5.02 Å². The second-order valence-corrected chi connectivity index (χ2v) is 5.20. The molecule has 0 spiro atoms. The minimum Gasteiger partial charge on any atom is -0.462 e. The van der Waals surface area contributed by atoms with Crippen molar-refractivity contribution in [3.8, 4) is 0 Å². The number of anilines is 1. The van der Waals surface area contributed by atoms with E-state index in [-0.39, 0.29) is 23.4 Å². The molecule has 2 aromatic carbocycles. The van der Waals surface area contributed by atoms with Crippen molar-refractivity contribution in [3.63, 3.8) is 0 Å². The van der Waals surface area contributed by atoms with Crippen LogP contribution in [-0.4, -0.2) is 18.5 Å². The van der Waals surface area contributed by atoms with E-state index in [2.05, 4.69) is 5.32 Å². The molecule has 2 rings (SSSR count). The fourth-order valence-electron chi connectivity index (χ4n) is 1.91. The quantitative estimate of drug-likeness (QED) is 0.829. The van der Waals surface area contributed by atoms with Crippen LogP contribution in [0.1, 0.15) is 34.1 Å². The molecule has 23 heavy (non-hydrogen) atoms. The molecule has 0 aliphatic heterocycles. The van der Waals surface area contributed by atoms with Gasteiger partial charge < -0.3 is 10.1 Å². The minimum absolute atomic E-state index is 0.125. The lowest BCUT2D eigenvalue weighted by Crippen LogP contribution is -2.17. The van der Waals surface area contributed by atoms with Crippen LogP contribution in [-0.2, 0) is 4.74 Å². The van der Waals surface area contributed by atoms with Crippen molar-refractivity contribution in [1.29, 1.82) is 0 Å². The number of esters is 1. The average Bonchev–Trinajstić information content (AvgIpc) is 2.53. The molecule has 2 aromatic rings. The van der Waals surface area contributed by atoms with E-state index in [1.54, 1.807) is 6.07 Å². The molecule has 0 aliphatic carbocycles. The van der Waals surface area contributed by atoms with E-state index < -0.39 is 17.7 Å². The molecule has 1 N–H and O–H groups in total. The first-order valence-corrected chi connectivity index (χ1v) is 7.43. The highest BCUT2D eigenvalue weighted by molar-refractivity contribution is 6.31. The van der Waals surface area contributed by atoms with Gasteiger partial charge in [-0.1, -0.05) is 30.7 Å². The highest BCUT2D eigenvalue weighted by Gasteiger charge is 2.17. The Morgan fingerprint density at radius 2 is 1.91 bits per heavy atom. The maximum absolute atomic E-state index is 13.7. The second kappa shape index (κ2) is 7.74. The van der Waals surface area contributed by atoms with Crippen molar-refractivity contribution in [2.24, 2.45) is 0 Å². The van der Waals surface area contributed by atoms with Crippen molar-refractivity contribution < 1.29 is 18.7 Å². The lowest BCUT2D eigenvalue weighted by molar-refractivity contribution is 0.0506. The molecular weight excluding hydrogens is 321 g/mol. The van der Waals surface area contributed by atoms with Gasteiger partial charge in [-0.3, -0.25) is 4.79 Å². The first kappa shape index (κ1) is 17.0. The number of hydrogen-bond donors (Lipinski definition) is 1. The normalized spacial score (nSPS) is 10.2. The topological polar surface area (TPSA) is 55.4 Å². The second-order valence-electron chi connectivity index (χ2n) is 4.76. The molecule has 0 atom stereocenters. The fourth-order valence-corrected chi connectivity index (χ4v) is 2.08. The summed E-state index contributed by atoms with van der Waals surface area (Å²) >= 11 is 5.91. The number of rotatable bonds is 5. The molecular formula is C17H15ClFNO3. The summed E-state index contributed by atoms with van der Waals surface area (Å²) in [5.74, 6) is -1.90. The van der Waals surface area contributed by atoms with E-state index in [9.17, 15) is 14.0 Å². The molecule has 0 saturated carbocycles. The van der Waals surface area contributed by atoms with Gasteiger partial charge in [-0.2, -0.15) is 0 Å². The molecule has 4 nitrogen and oxygen atoms in total. The van der Waals surface area contributed by atoms with Crippen molar-refractivity contribution in [1.82, 2.24) is 0 Å². The van der Waals surface area contributed by atoms with E-state index in [0.29, 0.717) is 11.4 Å². The maximum Gasteiger partial charge on any atom is 0.340 e. The van der Waals surface area contributed by atoms with E-state index in [0.717, 1.165) is 0 Å². The molecule has 120 valence electrons. The molecule has 0 bridgehead atoms. The monoisotopic (exact) mass is 335 g/mol. The van der Waals surface area contributed by atoms with Gasteiger partial charge in [-0.25, -0.2) is 9.18 Å². The third kappa shape index (κ3) is 4.29. The summed E-state index contributed by atoms with van der Waals surface area (Å²) in [6.45, 7) is 2.14. The molecule has 0 fully saturated rings. The molecule has 0 aliphatic rings. The Labute approximate surface area is 138 Å². The SMILES string of the molecule is CCCOC(=O)c1ccc(Cl)cc1NC(=O)c1ccccc1F. The van der Waals surface area contributed by atoms with Crippen LogP contribution in [0.15, 0.2) is 42.5 Å². The number of hydrogen-bond acceptors (Lipinski definition) is 3. The Hall–Kier alpha value is -2.40. The van der Waals surface area contributed by atoms with Crippen LogP contribution in [0.4, 0.5) is 10.1 Å². The third-order valence-electron chi connectivity index (χ3n) is 3.01. The summed E-state index contributed by atoms with van der Waals surface area (Å²) in [6.07, 6.45) is 0.677. The van der Waals surface area contributed by atoms with Crippen LogP contribution in [0.3, 0.4) is 0 Å². The van der Waals surface area contributed by atoms with Gasteiger partial charge in [0.15, 0.2) is 0 Å². The predicted molar refractivity (Wildman–Crippen MR) is 86.4 cm³/mol. The lowest BCUT2D eigenvalue weighted by Gasteiger charge is -2.11. The van der Waals surface area contributed by atoms with Gasteiger partial charge in [0.1, 0.15) is 5.82 Å². The minimum atomic E-state index is -0.671. The Kier molecular flexibility index (Phi) is 5.71. The molecule has 0 unspecified atom stereocenters. The standard InChI is InChI=1S/C17H15ClFNO3/c1-2-9-23-17(22)13-8-7-11(18)10-15(13)20-16(21)12-5-3-4-6-14(12)19/h3-8,10H,2,9H2,1H3,(H,20,21). The van der Waals surface area contributed by atoms with Gasteiger partial charge in [-0.05, 0) is 36.8 Å². The van der Waals surface area contributed by atoms with Gasteiger partial charge in [0.25, 0.3) is 5.91 Å². The van der Waals surface area contributed by atoms with Gasteiger partial charge in [0.2, 0.25) is 0 Å². The van der Waals surface area contributed by atoms with E-state index in [1.165, 1.54) is 36.4 Å². The zero-order chi connectivity index (χ0) is 16.8. The Balaban J connectivity index is 2.28. The molecule has 0 heterocycles. The van der Waals surface area contributed by atoms with Crippen molar-refractivity contribution in [2.75, 3.05) is 11.9 Å². The Morgan fingerprint density at radius 1 is 1.17 bits per heavy atom. The van der Waals surface area contributed by atoms with E-state index >= 15 is 0 Å². The zero-order valence-corrected chi connectivity index (χ0v) is 13.2. The highest BCUT2D eigenvalue weighted by atomic mass is 35.5. The van der Waals surface area contributed by atoms with E-state index in [4.69, 9.17) is 16.3 Å². The van der Waals surface area contributed by atoms with Gasteiger partial charge in [0.05, 0.1) is 23.4 Å². The van der Waals surface area contributed by atoms with Crippen LogP contribution >= 0.6 is 11.6 Å². The van der Waals surface area contributed by atoms with Gasteiger partial charge in [-0.15, -0.1) is 0 Å². The molecule has 0 aromatic heterocycles. The van der Waals surface area contributed by atoms with Crippen molar-refractivity contribution >= 4 is 29.2 Å². The van der Waals surface area contributed by atoms with Gasteiger partial charge >= 0.3 is 5.97 Å². The number of amides is 1. The summed E-state index contributed by atoms with van der Waals surface area (Å²) in [5.41, 5.74) is 0.208. The van der Waals surface area contributed by atoms with Crippen LogP contribution in [0.25, 0.3) is 0 Å². The molecule has 0 radical (unpaired) electrons. The Bertz CT molecular complexity index is 734. The number of halogens is 2. The maximum atomic E-state index is 13.7. The van der Waals surface area contributed by atoms with Crippen LogP contribution in [0.5, 0.6) is 0 Å². The number of nitrogens with one attached hydrogen (secondary N) is 1. The molecule has 0 saturated heterocycles. The first-order chi connectivity index (χ1) is 11.0. The average molecular weight is 336 g/mol. The molecule has 1 amide bonds. The van der Waals surface area contributed by atoms with Crippen molar-refractivity contribution in [3.05, 3.63) is 64.4 Å². The largest absolute Gasteiger partial charge is 0.462 e. The summed E-state index contributed by atoms with van der Waals surface area (Å²) in [6, 6.07) is 9.96. The lowest BCUT2D eigenvalue weighted by atomic mass is 10.1. The zero-order valence-electron chi connectivity index (χ0n) is 12.4. The summed E-state index contributed by atoms with van der Waals surface area (Å²) in [7, 11) is 0. The van der Waals surface area contributed by atoms with Crippen LogP contribution < -0.4 is 5.32 Å². The third-order valence-corrected chi connectivity index (χ3v) is 3.24. The first-order valence-electron chi connectivity index (χ1n) is 7.05. The van der Waals surface area contributed by atoms with Crippen LogP contribution in [0, 0.1) is 5.82 Å². The fraction of sp³-hybridized carbons (Fsp3) is 0.176. The highest BCUT2D eigenvalue weighted by Crippen LogP contribution is 2.23. The summed E-state index contributed by atoms with van der Waals surface area (Å²) in [5, 5.41) is 2.84. The molecule has 6 heteroatoms. The van der Waals surface area contributed by atoms with Gasteiger partial charge in [0, 0.05) is 5.02 Å². The predicted octanol–water partition coefficient (Wildman–Crippen LogP) is 4.30. The number of carbonyl (C=O) groups excluding carboxylic acids is 2. The smallest absolute Gasteiger partial charge is 0.340 e. The number of ether oxygens (including phenoxy) is 1. The Morgan fingerprint density at radius 3 is 2.61 bits per heavy atom. The van der Waals surface area contributed by atoms with E-state index in [1.807, 2.05) is 6.92 Å². The van der Waals surface area contributed by atoms with Crippen molar-refractivity contribution in [2.45, 2.75) is 13.3 Å².